The van der Waals surface area contributed by atoms with Gasteiger partial charge in [-0.1, -0.05) is 13.0 Å². The molecule has 1 aromatic heterocycles. The van der Waals surface area contributed by atoms with E-state index in [-0.39, 0.29) is 17.9 Å². The first-order valence-corrected chi connectivity index (χ1v) is 7.62. The minimum absolute atomic E-state index is 0.00426. The van der Waals surface area contributed by atoms with E-state index in [1.165, 1.54) is 4.88 Å². The first-order valence-electron chi connectivity index (χ1n) is 6.74. The maximum Gasteiger partial charge on any atom is 0.319 e. The molecule has 6 heteroatoms. The number of carboxylic acid groups (broad SMARTS) is 1. The molecule has 0 aromatic carbocycles. The second kappa shape index (κ2) is 6.26. The Morgan fingerprint density at radius 2 is 2.25 bits per heavy atom. The van der Waals surface area contributed by atoms with Crippen molar-refractivity contribution in [2.24, 2.45) is 11.8 Å². The maximum absolute atomic E-state index is 12.1. The Morgan fingerprint density at radius 1 is 1.55 bits per heavy atom. The Balaban J connectivity index is 1.74. The van der Waals surface area contributed by atoms with Gasteiger partial charge >= 0.3 is 12.0 Å². The average Bonchev–Trinajstić information content (AvgIpc) is 2.86. The molecule has 5 nitrogen and oxygen atoms in total. The van der Waals surface area contributed by atoms with Crippen LogP contribution in [0.1, 0.15) is 11.8 Å². The number of hydrogen-bond acceptors (Lipinski definition) is 3. The van der Waals surface area contributed by atoms with Crippen LogP contribution >= 0.6 is 11.3 Å². The average molecular weight is 296 g/mol. The molecule has 0 saturated carbocycles. The van der Waals surface area contributed by atoms with E-state index in [4.69, 9.17) is 5.11 Å². The third kappa shape index (κ3) is 3.30. The van der Waals surface area contributed by atoms with Crippen LogP contribution in [0.5, 0.6) is 0 Å². The largest absolute Gasteiger partial charge is 0.481 e. The zero-order chi connectivity index (χ0) is 14.7. The molecule has 0 radical (unpaired) electrons. The number of carbonyl (C=O) groups excluding carboxylic acids is 1. The standard InChI is InChI=1S/C14H20N2O3S/c1-10(13(17)18)11-8-16(9-11)14(19)15(2)6-5-12-4-3-7-20-12/h3-4,7,10-11H,5-6,8-9H2,1-2H3,(H,17,18). The Hall–Kier alpha value is -1.56. The predicted molar refractivity (Wildman–Crippen MR) is 77.9 cm³/mol. The fraction of sp³-hybridized carbons (Fsp3) is 0.571. The van der Waals surface area contributed by atoms with Gasteiger partial charge in [-0.3, -0.25) is 4.79 Å². The summed E-state index contributed by atoms with van der Waals surface area (Å²) in [6.45, 7) is 3.50. The number of urea groups is 1. The van der Waals surface area contributed by atoms with Gasteiger partial charge in [-0.05, 0) is 17.9 Å². The highest BCUT2D eigenvalue weighted by Crippen LogP contribution is 2.25. The minimum atomic E-state index is -0.784. The topological polar surface area (TPSA) is 60.9 Å². The molecule has 2 amide bonds. The van der Waals surface area contributed by atoms with E-state index in [2.05, 4.69) is 6.07 Å². The molecule has 1 aromatic rings. The van der Waals surface area contributed by atoms with E-state index >= 15 is 0 Å². The van der Waals surface area contributed by atoms with E-state index < -0.39 is 5.97 Å². The van der Waals surface area contributed by atoms with Crippen molar-refractivity contribution in [3.05, 3.63) is 22.4 Å². The number of rotatable bonds is 5. The van der Waals surface area contributed by atoms with Gasteiger partial charge in [-0.15, -0.1) is 11.3 Å². The summed E-state index contributed by atoms with van der Waals surface area (Å²) in [5, 5.41) is 11.0. The first kappa shape index (κ1) is 14.8. The highest BCUT2D eigenvalue weighted by atomic mass is 32.1. The lowest BCUT2D eigenvalue weighted by atomic mass is 9.87. The van der Waals surface area contributed by atoms with E-state index in [1.807, 2.05) is 11.4 Å². The normalized spacial score (nSPS) is 16.6. The molecule has 1 fully saturated rings. The lowest BCUT2D eigenvalue weighted by Gasteiger charge is -2.42. The number of hydrogen-bond donors (Lipinski definition) is 1. The first-order chi connectivity index (χ1) is 9.49. The van der Waals surface area contributed by atoms with Crippen molar-refractivity contribution >= 4 is 23.3 Å². The van der Waals surface area contributed by atoms with Gasteiger partial charge in [-0.2, -0.15) is 0 Å². The molecule has 1 unspecified atom stereocenters. The molecular formula is C14H20N2O3S. The molecular weight excluding hydrogens is 276 g/mol. The van der Waals surface area contributed by atoms with Crippen LogP contribution in [-0.2, 0) is 11.2 Å². The number of nitrogens with zero attached hydrogens (tertiary/aromatic N) is 2. The van der Waals surface area contributed by atoms with Crippen molar-refractivity contribution in [2.75, 3.05) is 26.7 Å². The van der Waals surface area contributed by atoms with E-state index in [0.717, 1.165) is 6.42 Å². The number of amides is 2. The van der Waals surface area contributed by atoms with Crippen molar-refractivity contribution in [1.82, 2.24) is 9.80 Å². The lowest BCUT2D eigenvalue weighted by molar-refractivity contribution is -0.144. The zero-order valence-electron chi connectivity index (χ0n) is 11.8. The molecule has 1 N–H and O–H groups in total. The predicted octanol–water partition coefficient (Wildman–Crippen LogP) is 1.99. The van der Waals surface area contributed by atoms with Gasteiger partial charge < -0.3 is 14.9 Å². The van der Waals surface area contributed by atoms with E-state index in [1.54, 1.807) is 35.1 Å². The number of likely N-dealkylation sites (N-methyl/N-ethyl adjacent to an activating group) is 1. The smallest absolute Gasteiger partial charge is 0.319 e. The van der Waals surface area contributed by atoms with Gasteiger partial charge in [-0.25, -0.2) is 4.79 Å². The number of aliphatic carboxylic acids is 1. The molecule has 2 rings (SSSR count). The Labute approximate surface area is 122 Å². The van der Waals surface area contributed by atoms with Crippen molar-refractivity contribution in [1.29, 1.82) is 0 Å². The summed E-state index contributed by atoms with van der Waals surface area (Å²) >= 11 is 1.70. The van der Waals surface area contributed by atoms with E-state index in [9.17, 15) is 9.59 Å². The van der Waals surface area contributed by atoms with Crippen molar-refractivity contribution in [2.45, 2.75) is 13.3 Å². The molecule has 1 aliphatic heterocycles. The second-order valence-corrected chi connectivity index (χ2v) is 6.36. The van der Waals surface area contributed by atoms with Crippen LogP contribution in [-0.4, -0.2) is 53.6 Å². The van der Waals surface area contributed by atoms with Gasteiger partial charge in [0.25, 0.3) is 0 Å². The van der Waals surface area contributed by atoms with Crippen LogP contribution in [0.25, 0.3) is 0 Å². The summed E-state index contributed by atoms with van der Waals surface area (Å²) in [5.74, 6) is -1.08. The van der Waals surface area contributed by atoms with Crippen molar-refractivity contribution < 1.29 is 14.7 Å². The summed E-state index contributed by atoms with van der Waals surface area (Å²) in [7, 11) is 1.80. The fourth-order valence-electron chi connectivity index (χ4n) is 2.26. The third-order valence-electron chi connectivity index (χ3n) is 3.88. The summed E-state index contributed by atoms with van der Waals surface area (Å²) < 4.78 is 0. The monoisotopic (exact) mass is 296 g/mol. The van der Waals surface area contributed by atoms with Crippen LogP contribution in [0.2, 0.25) is 0 Å². The van der Waals surface area contributed by atoms with Gasteiger partial charge in [0.1, 0.15) is 0 Å². The summed E-state index contributed by atoms with van der Waals surface area (Å²) in [5.41, 5.74) is 0. The zero-order valence-corrected chi connectivity index (χ0v) is 12.6. The number of thiophene rings is 1. The van der Waals surface area contributed by atoms with E-state index in [0.29, 0.717) is 19.6 Å². The van der Waals surface area contributed by atoms with Crippen molar-refractivity contribution in [3.63, 3.8) is 0 Å². The number of carbonyl (C=O) groups is 2. The Morgan fingerprint density at radius 3 is 2.80 bits per heavy atom. The molecule has 0 aliphatic carbocycles. The molecule has 0 spiro atoms. The van der Waals surface area contributed by atoms with Crippen LogP contribution in [0.3, 0.4) is 0 Å². The van der Waals surface area contributed by atoms with Crippen molar-refractivity contribution in [3.8, 4) is 0 Å². The highest BCUT2D eigenvalue weighted by Gasteiger charge is 2.38. The molecule has 110 valence electrons. The molecule has 1 atom stereocenters. The fourth-order valence-corrected chi connectivity index (χ4v) is 2.95. The molecule has 0 bridgehead atoms. The Kier molecular flexibility index (Phi) is 4.65. The minimum Gasteiger partial charge on any atom is -0.481 e. The van der Waals surface area contributed by atoms with Crippen LogP contribution in [0.4, 0.5) is 4.79 Å². The summed E-state index contributed by atoms with van der Waals surface area (Å²) in [4.78, 5) is 27.7. The van der Waals surface area contributed by atoms with Gasteiger partial charge in [0.2, 0.25) is 0 Å². The van der Waals surface area contributed by atoms with Gasteiger partial charge in [0.05, 0.1) is 5.92 Å². The molecule has 1 aliphatic rings. The molecule has 20 heavy (non-hydrogen) atoms. The van der Waals surface area contributed by atoms with Gasteiger partial charge in [0, 0.05) is 37.5 Å². The van der Waals surface area contributed by atoms with Crippen LogP contribution in [0.15, 0.2) is 17.5 Å². The van der Waals surface area contributed by atoms with Crippen LogP contribution < -0.4 is 0 Å². The summed E-state index contributed by atoms with van der Waals surface area (Å²) in [6.07, 6.45) is 0.864. The van der Waals surface area contributed by atoms with Crippen LogP contribution in [0, 0.1) is 11.8 Å². The maximum atomic E-state index is 12.1. The Bertz CT molecular complexity index is 469. The number of likely N-dealkylation sites (tertiary alicyclic amines) is 1. The lowest BCUT2D eigenvalue weighted by Crippen LogP contribution is -2.56. The second-order valence-electron chi connectivity index (χ2n) is 5.33. The third-order valence-corrected chi connectivity index (χ3v) is 4.81. The highest BCUT2D eigenvalue weighted by molar-refractivity contribution is 7.09. The quantitative estimate of drug-likeness (QED) is 0.904. The molecule has 1 saturated heterocycles. The van der Waals surface area contributed by atoms with Gasteiger partial charge in [0.15, 0.2) is 0 Å². The number of carboxylic acids is 1. The summed E-state index contributed by atoms with van der Waals surface area (Å²) in [6, 6.07) is 4.07. The SMILES string of the molecule is CC(C(=O)O)C1CN(C(=O)N(C)CCc2cccs2)C1. The molecule has 2 heterocycles.